The van der Waals surface area contributed by atoms with Crippen molar-refractivity contribution in [3.05, 3.63) is 59.8 Å². The third kappa shape index (κ3) is 4.35. The van der Waals surface area contributed by atoms with Crippen molar-refractivity contribution in [1.29, 1.82) is 0 Å². The summed E-state index contributed by atoms with van der Waals surface area (Å²) in [4.78, 5) is 16.7. The highest BCUT2D eigenvalue weighted by Gasteiger charge is 2.27. The van der Waals surface area contributed by atoms with Crippen LogP contribution in [0.25, 0.3) is 11.5 Å². The molecule has 1 unspecified atom stereocenters. The Hall–Kier alpha value is -3.06. The normalized spacial score (nSPS) is 15.2. The Morgan fingerprint density at radius 3 is 2.52 bits per heavy atom. The largest absolute Gasteiger partial charge is 0.479 e. The summed E-state index contributed by atoms with van der Waals surface area (Å²) in [6, 6.07) is 14.6. The molecular weight excluding hydrogens is 392 g/mol. The minimum Gasteiger partial charge on any atom is -0.479 e. The van der Waals surface area contributed by atoms with Gasteiger partial charge in [0.2, 0.25) is 0 Å². The number of benzene rings is 1. The lowest BCUT2D eigenvalue weighted by Crippen LogP contribution is -2.52. The molecule has 7 nitrogen and oxygen atoms in total. The van der Waals surface area contributed by atoms with Gasteiger partial charge in [-0.25, -0.2) is 0 Å². The Morgan fingerprint density at radius 2 is 1.86 bits per heavy atom. The molecule has 3 aromatic rings. The molecule has 2 aromatic heterocycles. The molecule has 1 fully saturated rings. The molecule has 0 radical (unpaired) electrons. The van der Waals surface area contributed by atoms with E-state index in [1.54, 1.807) is 25.3 Å². The Kier molecular flexibility index (Phi) is 5.67. The van der Waals surface area contributed by atoms with Crippen molar-refractivity contribution < 1.29 is 13.9 Å². The maximum absolute atomic E-state index is 12.7. The van der Waals surface area contributed by atoms with E-state index in [2.05, 4.69) is 15.1 Å². The number of hydrogen-bond donors (Lipinski definition) is 0. The molecule has 1 aromatic carbocycles. The fourth-order valence-electron chi connectivity index (χ4n) is 3.24. The molecule has 150 valence electrons. The van der Waals surface area contributed by atoms with Crippen LogP contribution in [0, 0.1) is 0 Å². The zero-order valence-corrected chi connectivity index (χ0v) is 16.7. The van der Waals surface area contributed by atoms with Crippen LogP contribution in [0.5, 0.6) is 5.75 Å². The van der Waals surface area contributed by atoms with Crippen molar-refractivity contribution in [2.45, 2.75) is 13.0 Å². The summed E-state index contributed by atoms with van der Waals surface area (Å²) in [6.45, 7) is 4.29. The maximum atomic E-state index is 12.7. The number of aromatic nitrogens is 2. The Bertz CT molecular complexity index is 954. The summed E-state index contributed by atoms with van der Waals surface area (Å²) in [5, 5.41) is 9.03. The predicted molar refractivity (Wildman–Crippen MR) is 110 cm³/mol. The van der Waals surface area contributed by atoms with E-state index >= 15 is 0 Å². The first kappa shape index (κ1) is 19.3. The number of amides is 1. The second kappa shape index (κ2) is 8.53. The third-order valence-electron chi connectivity index (χ3n) is 4.83. The molecule has 0 bridgehead atoms. The molecule has 0 spiro atoms. The zero-order valence-electron chi connectivity index (χ0n) is 16.0. The van der Waals surface area contributed by atoms with Gasteiger partial charge in [0, 0.05) is 26.2 Å². The monoisotopic (exact) mass is 412 g/mol. The zero-order chi connectivity index (χ0) is 20.2. The van der Waals surface area contributed by atoms with Crippen molar-refractivity contribution in [3.63, 3.8) is 0 Å². The summed E-state index contributed by atoms with van der Waals surface area (Å²) in [6.07, 6.45) is 1.01. The highest BCUT2D eigenvalue weighted by molar-refractivity contribution is 6.32. The molecule has 1 amide bonds. The molecule has 1 aliphatic heterocycles. The Labute approximate surface area is 173 Å². The molecule has 4 rings (SSSR count). The number of anilines is 1. The van der Waals surface area contributed by atoms with E-state index in [9.17, 15) is 4.79 Å². The number of carbonyl (C=O) groups is 1. The smallest absolute Gasteiger partial charge is 0.263 e. The second-order valence-electron chi connectivity index (χ2n) is 6.76. The van der Waals surface area contributed by atoms with Crippen LogP contribution >= 0.6 is 11.6 Å². The summed E-state index contributed by atoms with van der Waals surface area (Å²) in [5.74, 6) is 1.93. The van der Waals surface area contributed by atoms with E-state index in [0.29, 0.717) is 48.4 Å². The van der Waals surface area contributed by atoms with Crippen LogP contribution in [0.1, 0.15) is 6.92 Å². The first-order valence-electron chi connectivity index (χ1n) is 9.44. The van der Waals surface area contributed by atoms with Gasteiger partial charge in [0.1, 0.15) is 11.4 Å². The van der Waals surface area contributed by atoms with Gasteiger partial charge in [0.05, 0.1) is 11.3 Å². The van der Waals surface area contributed by atoms with Gasteiger partial charge in [0.15, 0.2) is 17.7 Å². The molecule has 0 saturated carbocycles. The molecular formula is C21H21ClN4O3. The SMILES string of the molecule is CC(Oc1ccccc1Cl)C(=O)N1CCN(c2ccc(-c3ccco3)nn2)CC1. The van der Waals surface area contributed by atoms with Crippen molar-refractivity contribution in [1.82, 2.24) is 15.1 Å². The van der Waals surface area contributed by atoms with Gasteiger partial charge in [-0.1, -0.05) is 23.7 Å². The molecule has 29 heavy (non-hydrogen) atoms. The van der Waals surface area contributed by atoms with Gasteiger partial charge in [-0.05, 0) is 43.3 Å². The minimum absolute atomic E-state index is 0.0520. The predicted octanol–water partition coefficient (Wildman–Crippen LogP) is 3.51. The number of piperazine rings is 1. The van der Waals surface area contributed by atoms with E-state index in [4.69, 9.17) is 20.8 Å². The standard InChI is InChI=1S/C21H21ClN4O3/c1-15(29-18-6-3-2-5-16(18)22)21(27)26-12-10-25(11-13-26)20-9-8-17(23-24-20)19-7-4-14-28-19/h2-9,14-15H,10-13H2,1H3. The second-order valence-corrected chi connectivity index (χ2v) is 7.16. The van der Waals surface area contributed by atoms with Crippen molar-refractivity contribution >= 4 is 23.3 Å². The molecule has 1 aliphatic rings. The van der Waals surface area contributed by atoms with Crippen LogP contribution < -0.4 is 9.64 Å². The number of para-hydroxylation sites is 1. The van der Waals surface area contributed by atoms with Crippen LogP contribution in [0.4, 0.5) is 5.82 Å². The average Bonchev–Trinajstić information content (AvgIpc) is 3.30. The average molecular weight is 413 g/mol. The van der Waals surface area contributed by atoms with Gasteiger partial charge in [-0.15, -0.1) is 10.2 Å². The number of rotatable bonds is 5. The van der Waals surface area contributed by atoms with Gasteiger partial charge in [-0.3, -0.25) is 4.79 Å². The number of nitrogens with zero attached hydrogens (tertiary/aromatic N) is 4. The quantitative estimate of drug-likeness (QED) is 0.638. The topological polar surface area (TPSA) is 71.7 Å². The molecule has 1 saturated heterocycles. The number of furan rings is 1. The maximum Gasteiger partial charge on any atom is 0.263 e. The number of ether oxygens (including phenoxy) is 1. The van der Waals surface area contributed by atoms with Gasteiger partial charge < -0.3 is 19.0 Å². The molecule has 1 atom stereocenters. The van der Waals surface area contributed by atoms with Crippen LogP contribution in [0.3, 0.4) is 0 Å². The van der Waals surface area contributed by atoms with E-state index in [1.807, 2.05) is 41.3 Å². The van der Waals surface area contributed by atoms with Gasteiger partial charge >= 0.3 is 0 Å². The summed E-state index contributed by atoms with van der Waals surface area (Å²) in [5.41, 5.74) is 0.693. The van der Waals surface area contributed by atoms with E-state index in [0.717, 1.165) is 5.82 Å². The third-order valence-corrected chi connectivity index (χ3v) is 5.14. The lowest BCUT2D eigenvalue weighted by Gasteiger charge is -2.36. The van der Waals surface area contributed by atoms with Crippen LogP contribution in [0.2, 0.25) is 5.02 Å². The van der Waals surface area contributed by atoms with Gasteiger partial charge in [-0.2, -0.15) is 0 Å². The van der Waals surface area contributed by atoms with E-state index < -0.39 is 6.10 Å². The molecule has 0 N–H and O–H groups in total. The number of hydrogen-bond acceptors (Lipinski definition) is 6. The Morgan fingerprint density at radius 1 is 1.07 bits per heavy atom. The van der Waals surface area contributed by atoms with Crippen molar-refractivity contribution in [3.8, 4) is 17.2 Å². The summed E-state index contributed by atoms with van der Waals surface area (Å²) < 4.78 is 11.1. The van der Waals surface area contributed by atoms with Crippen molar-refractivity contribution in [2.24, 2.45) is 0 Å². The molecule has 0 aliphatic carbocycles. The van der Waals surface area contributed by atoms with Crippen LogP contribution in [-0.2, 0) is 4.79 Å². The minimum atomic E-state index is -0.603. The van der Waals surface area contributed by atoms with Gasteiger partial charge in [0.25, 0.3) is 5.91 Å². The first-order valence-corrected chi connectivity index (χ1v) is 9.82. The molecule has 3 heterocycles. The highest BCUT2D eigenvalue weighted by atomic mass is 35.5. The summed E-state index contributed by atoms with van der Waals surface area (Å²) >= 11 is 6.11. The van der Waals surface area contributed by atoms with Crippen LogP contribution in [-0.4, -0.2) is 53.3 Å². The highest BCUT2D eigenvalue weighted by Crippen LogP contribution is 2.25. The summed E-state index contributed by atoms with van der Waals surface area (Å²) in [7, 11) is 0. The number of carbonyl (C=O) groups excluding carboxylic acids is 1. The lowest BCUT2D eigenvalue weighted by molar-refractivity contribution is -0.138. The number of halogens is 1. The Balaban J connectivity index is 1.33. The molecule has 8 heteroatoms. The van der Waals surface area contributed by atoms with E-state index in [-0.39, 0.29) is 5.91 Å². The lowest BCUT2D eigenvalue weighted by atomic mass is 10.2. The van der Waals surface area contributed by atoms with Crippen LogP contribution in [0.15, 0.2) is 59.2 Å². The first-order chi connectivity index (χ1) is 14.1. The fraction of sp³-hybridized carbons (Fsp3) is 0.286. The fourth-order valence-corrected chi connectivity index (χ4v) is 3.42. The van der Waals surface area contributed by atoms with Crippen molar-refractivity contribution in [2.75, 3.05) is 31.1 Å². The van der Waals surface area contributed by atoms with E-state index in [1.165, 1.54) is 0 Å².